The molecule has 1 aromatic rings. The van der Waals surface area contributed by atoms with Crippen LogP contribution in [0.2, 0.25) is 0 Å². The number of halogens is 2. The number of nitrogens with one attached hydrogen (secondary N) is 1. The molecular formula is C14H17BrFNO. The van der Waals surface area contributed by atoms with E-state index in [4.69, 9.17) is 0 Å². The van der Waals surface area contributed by atoms with Crippen molar-refractivity contribution in [3.05, 3.63) is 34.1 Å². The van der Waals surface area contributed by atoms with E-state index in [1.54, 1.807) is 12.1 Å². The lowest BCUT2D eigenvalue weighted by Gasteiger charge is -2.07. The summed E-state index contributed by atoms with van der Waals surface area (Å²) in [6.45, 7) is 8.50. The minimum atomic E-state index is -0.419. The van der Waals surface area contributed by atoms with Gasteiger partial charge in [-0.05, 0) is 45.0 Å². The standard InChI is InChI=1S/C14H17BrFNO/c1-13(2)12(14(13,3)4)17-11(18)8-5-6-9(15)10(16)7-8/h5-7,12H,1-4H3,(H,17,18). The van der Waals surface area contributed by atoms with Gasteiger partial charge in [0.15, 0.2) is 0 Å². The van der Waals surface area contributed by atoms with E-state index in [1.807, 2.05) is 0 Å². The van der Waals surface area contributed by atoms with Crippen molar-refractivity contribution < 1.29 is 9.18 Å². The lowest BCUT2D eigenvalue weighted by molar-refractivity contribution is 0.0943. The largest absolute Gasteiger partial charge is 0.348 e. The first-order valence-corrected chi connectivity index (χ1v) is 6.73. The van der Waals surface area contributed by atoms with Crippen LogP contribution in [-0.2, 0) is 0 Å². The first-order valence-electron chi connectivity index (χ1n) is 5.94. The topological polar surface area (TPSA) is 29.1 Å². The zero-order valence-corrected chi connectivity index (χ0v) is 12.6. The number of amides is 1. The van der Waals surface area contributed by atoms with E-state index in [2.05, 4.69) is 48.9 Å². The lowest BCUT2D eigenvalue weighted by atomic mass is 10.0. The fourth-order valence-corrected chi connectivity index (χ4v) is 2.66. The Hall–Kier alpha value is -0.900. The van der Waals surface area contributed by atoms with Crippen LogP contribution in [0.1, 0.15) is 38.1 Å². The number of benzene rings is 1. The maximum absolute atomic E-state index is 13.4. The van der Waals surface area contributed by atoms with Crippen LogP contribution in [0.5, 0.6) is 0 Å². The Bertz CT molecular complexity index is 497. The number of carbonyl (C=O) groups is 1. The van der Waals surface area contributed by atoms with Crippen molar-refractivity contribution in [1.29, 1.82) is 0 Å². The molecule has 2 rings (SSSR count). The van der Waals surface area contributed by atoms with Gasteiger partial charge in [0, 0.05) is 11.6 Å². The summed E-state index contributed by atoms with van der Waals surface area (Å²) in [4.78, 5) is 12.0. The normalized spacial score (nSPS) is 20.6. The van der Waals surface area contributed by atoms with Crippen LogP contribution >= 0.6 is 15.9 Å². The number of carbonyl (C=O) groups excluding carboxylic acids is 1. The third kappa shape index (κ3) is 1.96. The molecule has 2 nitrogen and oxygen atoms in total. The van der Waals surface area contributed by atoms with Crippen LogP contribution in [0.3, 0.4) is 0 Å². The Labute approximate surface area is 115 Å². The highest BCUT2D eigenvalue weighted by molar-refractivity contribution is 9.10. The van der Waals surface area contributed by atoms with Crippen LogP contribution in [-0.4, -0.2) is 11.9 Å². The molecule has 0 spiro atoms. The molecule has 0 radical (unpaired) electrons. The average molecular weight is 314 g/mol. The van der Waals surface area contributed by atoms with E-state index in [1.165, 1.54) is 6.07 Å². The molecule has 1 N–H and O–H groups in total. The van der Waals surface area contributed by atoms with Gasteiger partial charge in [-0.15, -0.1) is 0 Å². The van der Waals surface area contributed by atoms with Crippen LogP contribution in [0.15, 0.2) is 22.7 Å². The monoisotopic (exact) mass is 313 g/mol. The summed E-state index contributed by atoms with van der Waals surface area (Å²) < 4.78 is 13.7. The molecule has 4 heteroatoms. The van der Waals surface area contributed by atoms with Crippen molar-refractivity contribution in [2.45, 2.75) is 33.7 Å². The first-order chi connectivity index (χ1) is 8.18. The molecule has 18 heavy (non-hydrogen) atoms. The van der Waals surface area contributed by atoms with Gasteiger partial charge in [-0.3, -0.25) is 4.79 Å². The maximum atomic E-state index is 13.4. The minimum Gasteiger partial charge on any atom is -0.348 e. The summed E-state index contributed by atoms with van der Waals surface area (Å²) in [5.74, 6) is -0.637. The van der Waals surface area contributed by atoms with Crippen molar-refractivity contribution >= 4 is 21.8 Å². The van der Waals surface area contributed by atoms with Gasteiger partial charge in [-0.1, -0.05) is 27.7 Å². The highest BCUT2D eigenvalue weighted by atomic mass is 79.9. The van der Waals surface area contributed by atoms with E-state index in [9.17, 15) is 9.18 Å². The van der Waals surface area contributed by atoms with Gasteiger partial charge in [0.2, 0.25) is 0 Å². The van der Waals surface area contributed by atoms with Crippen molar-refractivity contribution in [3.63, 3.8) is 0 Å². The third-order valence-corrected chi connectivity index (χ3v) is 5.12. The molecule has 0 unspecified atom stereocenters. The molecule has 1 aromatic carbocycles. The predicted octanol–water partition coefficient (Wildman–Crippen LogP) is 3.75. The summed E-state index contributed by atoms with van der Waals surface area (Å²) in [5.41, 5.74) is 0.516. The lowest BCUT2D eigenvalue weighted by Crippen LogP contribution is -2.29. The van der Waals surface area contributed by atoms with Crippen molar-refractivity contribution in [2.75, 3.05) is 0 Å². The van der Waals surface area contributed by atoms with E-state index in [-0.39, 0.29) is 22.8 Å². The Morgan fingerprint density at radius 2 is 1.83 bits per heavy atom. The second kappa shape index (κ2) is 4.05. The second-order valence-electron chi connectivity index (χ2n) is 5.98. The first kappa shape index (κ1) is 13.5. The average Bonchev–Trinajstić information content (AvgIpc) is 2.65. The molecule has 1 saturated carbocycles. The maximum Gasteiger partial charge on any atom is 0.251 e. The van der Waals surface area contributed by atoms with Gasteiger partial charge in [0.25, 0.3) is 5.91 Å². The quantitative estimate of drug-likeness (QED) is 0.885. The molecule has 0 atom stereocenters. The molecule has 1 aliphatic rings. The zero-order valence-electron chi connectivity index (χ0n) is 11.0. The van der Waals surface area contributed by atoms with Gasteiger partial charge < -0.3 is 5.32 Å². The van der Waals surface area contributed by atoms with E-state index in [0.717, 1.165) is 0 Å². The molecule has 0 aliphatic heterocycles. The fraction of sp³-hybridized carbons (Fsp3) is 0.500. The molecule has 0 saturated heterocycles. The van der Waals surface area contributed by atoms with Gasteiger partial charge >= 0.3 is 0 Å². The fourth-order valence-electron chi connectivity index (χ4n) is 2.41. The highest BCUT2D eigenvalue weighted by Gasteiger charge is 2.65. The summed E-state index contributed by atoms with van der Waals surface area (Å²) in [6.07, 6.45) is 0. The minimum absolute atomic E-state index is 0.0799. The number of hydrogen-bond donors (Lipinski definition) is 1. The molecule has 0 heterocycles. The van der Waals surface area contributed by atoms with Crippen molar-refractivity contribution in [3.8, 4) is 0 Å². The Kier molecular flexibility index (Phi) is 3.05. The molecule has 98 valence electrons. The van der Waals surface area contributed by atoms with E-state index in [0.29, 0.717) is 10.0 Å². The van der Waals surface area contributed by atoms with Crippen molar-refractivity contribution in [1.82, 2.24) is 5.32 Å². The SMILES string of the molecule is CC1(C)C(NC(=O)c2ccc(Br)c(F)c2)C1(C)C. The second-order valence-corrected chi connectivity index (χ2v) is 6.83. The van der Waals surface area contributed by atoms with Gasteiger partial charge in [-0.2, -0.15) is 0 Å². The molecule has 1 fully saturated rings. The molecule has 1 amide bonds. The van der Waals surface area contributed by atoms with Gasteiger partial charge in [0.1, 0.15) is 5.82 Å². The summed E-state index contributed by atoms with van der Waals surface area (Å²) in [6, 6.07) is 4.55. The number of hydrogen-bond acceptors (Lipinski definition) is 1. The summed E-state index contributed by atoms with van der Waals surface area (Å²) in [5, 5.41) is 2.98. The smallest absolute Gasteiger partial charge is 0.251 e. The Morgan fingerprint density at radius 1 is 1.28 bits per heavy atom. The molecule has 1 aliphatic carbocycles. The van der Waals surface area contributed by atoms with Crippen LogP contribution in [0.4, 0.5) is 4.39 Å². The highest BCUT2D eigenvalue weighted by Crippen LogP contribution is 2.62. The predicted molar refractivity (Wildman–Crippen MR) is 72.9 cm³/mol. The van der Waals surface area contributed by atoms with Crippen molar-refractivity contribution in [2.24, 2.45) is 10.8 Å². The molecular weight excluding hydrogens is 297 g/mol. The molecule has 0 bridgehead atoms. The van der Waals surface area contributed by atoms with E-state index >= 15 is 0 Å². The van der Waals surface area contributed by atoms with Crippen LogP contribution < -0.4 is 5.32 Å². The summed E-state index contributed by atoms with van der Waals surface area (Å²) in [7, 11) is 0. The van der Waals surface area contributed by atoms with Gasteiger partial charge in [0.05, 0.1) is 4.47 Å². The van der Waals surface area contributed by atoms with E-state index < -0.39 is 5.82 Å². The number of rotatable bonds is 2. The van der Waals surface area contributed by atoms with Crippen LogP contribution in [0.25, 0.3) is 0 Å². The Balaban J connectivity index is 2.12. The summed E-state index contributed by atoms with van der Waals surface area (Å²) >= 11 is 3.07. The third-order valence-electron chi connectivity index (χ3n) is 4.48. The van der Waals surface area contributed by atoms with Crippen LogP contribution in [0, 0.1) is 16.6 Å². The molecule has 0 aromatic heterocycles. The van der Waals surface area contributed by atoms with Gasteiger partial charge in [-0.25, -0.2) is 4.39 Å². The zero-order chi connectivity index (χ0) is 13.7. The Morgan fingerprint density at radius 3 is 2.28 bits per heavy atom.